The second kappa shape index (κ2) is 5.45. The molecule has 5 heteroatoms. The molecule has 0 saturated carbocycles. The lowest BCUT2D eigenvalue weighted by Crippen LogP contribution is -2.47. The summed E-state index contributed by atoms with van der Waals surface area (Å²) in [6.07, 6.45) is 3.26. The maximum absolute atomic E-state index is 12.5. The van der Waals surface area contributed by atoms with Gasteiger partial charge < -0.3 is 4.90 Å². The van der Waals surface area contributed by atoms with E-state index < -0.39 is 0 Å². The quantitative estimate of drug-likeness (QED) is 0.736. The van der Waals surface area contributed by atoms with Crippen molar-refractivity contribution in [2.24, 2.45) is 0 Å². The summed E-state index contributed by atoms with van der Waals surface area (Å²) in [6.45, 7) is 4.16. The van der Waals surface area contributed by atoms with Crippen LogP contribution in [0.3, 0.4) is 0 Å². The Kier molecular flexibility index (Phi) is 4.13. The van der Waals surface area contributed by atoms with Gasteiger partial charge in [0, 0.05) is 17.6 Å². The number of hydrogen-bond acceptors (Lipinski definition) is 2. The molecule has 1 aliphatic heterocycles. The fraction of sp³-hybridized carbons (Fsp3) is 0.538. The first-order valence-electron chi connectivity index (χ1n) is 6.15. The van der Waals surface area contributed by atoms with Crippen LogP contribution in [-0.4, -0.2) is 27.9 Å². The molecule has 0 bridgehead atoms. The van der Waals surface area contributed by atoms with Crippen LogP contribution in [0.4, 0.5) is 0 Å². The molecule has 1 amide bonds. The van der Waals surface area contributed by atoms with Gasteiger partial charge in [0.15, 0.2) is 0 Å². The molecule has 18 heavy (non-hydrogen) atoms. The highest BCUT2D eigenvalue weighted by molar-refractivity contribution is 6.33. The summed E-state index contributed by atoms with van der Waals surface area (Å²) < 4.78 is 0. The molecule has 0 spiro atoms. The van der Waals surface area contributed by atoms with Crippen LogP contribution in [0.1, 0.15) is 43.5 Å². The molecule has 1 fully saturated rings. The van der Waals surface area contributed by atoms with Crippen LogP contribution in [0.25, 0.3) is 0 Å². The first-order chi connectivity index (χ1) is 8.49. The summed E-state index contributed by atoms with van der Waals surface area (Å²) >= 11 is 11.7. The molecule has 1 aromatic rings. The van der Waals surface area contributed by atoms with Gasteiger partial charge in [-0.25, -0.2) is 4.98 Å². The maximum Gasteiger partial charge on any atom is 0.254 e. The van der Waals surface area contributed by atoms with Crippen molar-refractivity contribution in [1.82, 2.24) is 9.88 Å². The molecular weight excluding hydrogens is 271 g/mol. The highest BCUT2D eigenvalue weighted by atomic mass is 35.5. The number of rotatable bonds is 1. The zero-order valence-electron chi connectivity index (χ0n) is 10.5. The molecule has 2 atom stereocenters. The summed E-state index contributed by atoms with van der Waals surface area (Å²) in [7, 11) is 0. The number of aromatic nitrogens is 1. The molecule has 1 aliphatic rings. The number of pyridine rings is 1. The van der Waals surface area contributed by atoms with E-state index in [2.05, 4.69) is 18.8 Å². The van der Waals surface area contributed by atoms with E-state index in [9.17, 15) is 4.79 Å². The highest BCUT2D eigenvalue weighted by Gasteiger charge is 2.29. The number of likely N-dealkylation sites (tertiary alicyclic amines) is 1. The van der Waals surface area contributed by atoms with Gasteiger partial charge in [-0.3, -0.25) is 4.79 Å². The summed E-state index contributed by atoms with van der Waals surface area (Å²) in [6, 6.07) is 3.66. The molecule has 3 nitrogen and oxygen atoms in total. The normalized spacial score (nSPS) is 24.1. The third kappa shape index (κ3) is 2.78. The van der Waals surface area contributed by atoms with E-state index in [-0.39, 0.29) is 28.3 Å². The summed E-state index contributed by atoms with van der Waals surface area (Å²) in [5, 5.41) is 0.506. The summed E-state index contributed by atoms with van der Waals surface area (Å²) in [4.78, 5) is 18.3. The SMILES string of the molecule is CC1CCCC(C)N1C(=O)c1cc(Cl)nc(Cl)c1. The molecule has 0 radical (unpaired) electrons. The second-order valence-electron chi connectivity index (χ2n) is 4.84. The molecule has 0 aliphatic carbocycles. The minimum absolute atomic E-state index is 0.0131. The van der Waals surface area contributed by atoms with Crippen molar-refractivity contribution in [2.75, 3.05) is 0 Å². The Balaban J connectivity index is 2.29. The van der Waals surface area contributed by atoms with Gasteiger partial charge >= 0.3 is 0 Å². The lowest BCUT2D eigenvalue weighted by molar-refractivity contribution is 0.0510. The molecule has 2 unspecified atom stereocenters. The Bertz CT molecular complexity index is 434. The Labute approximate surface area is 117 Å². The number of halogens is 2. The smallest absolute Gasteiger partial charge is 0.254 e. The molecule has 0 N–H and O–H groups in total. The van der Waals surface area contributed by atoms with Crippen LogP contribution in [-0.2, 0) is 0 Å². The van der Waals surface area contributed by atoms with Crippen LogP contribution in [0.15, 0.2) is 12.1 Å². The largest absolute Gasteiger partial charge is 0.333 e. The number of carbonyl (C=O) groups is 1. The second-order valence-corrected chi connectivity index (χ2v) is 5.62. The Morgan fingerprint density at radius 3 is 2.22 bits per heavy atom. The molecule has 0 aromatic carbocycles. The number of piperidine rings is 1. The van der Waals surface area contributed by atoms with Gasteiger partial charge in [0.2, 0.25) is 0 Å². The lowest BCUT2D eigenvalue weighted by atomic mass is 9.96. The summed E-state index contributed by atoms with van der Waals surface area (Å²) in [5.74, 6) is -0.0131. The first-order valence-corrected chi connectivity index (χ1v) is 6.90. The number of nitrogens with zero attached hydrogens (tertiary/aromatic N) is 2. The first kappa shape index (κ1) is 13.6. The molecule has 1 aromatic heterocycles. The molecule has 98 valence electrons. The van der Waals surface area contributed by atoms with Crippen molar-refractivity contribution in [1.29, 1.82) is 0 Å². The minimum Gasteiger partial charge on any atom is -0.333 e. The summed E-state index contributed by atoms with van der Waals surface area (Å²) in [5.41, 5.74) is 0.514. The van der Waals surface area contributed by atoms with E-state index in [4.69, 9.17) is 23.2 Å². The van der Waals surface area contributed by atoms with Gasteiger partial charge in [-0.1, -0.05) is 23.2 Å². The van der Waals surface area contributed by atoms with E-state index in [1.807, 2.05) is 4.90 Å². The maximum atomic E-state index is 12.5. The van der Waals surface area contributed by atoms with E-state index >= 15 is 0 Å². The van der Waals surface area contributed by atoms with Crippen molar-refractivity contribution >= 4 is 29.1 Å². The standard InChI is InChI=1S/C13H16Cl2N2O/c1-8-4-3-5-9(2)17(8)13(18)10-6-11(14)16-12(15)7-10/h6-9H,3-5H2,1-2H3. The van der Waals surface area contributed by atoms with Crippen LogP contribution in [0.5, 0.6) is 0 Å². The fourth-order valence-corrected chi connectivity index (χ4v) is 3.02. The van der Waals surface area contributed by atoms with Crippen LogP contribution in [0.2, 0.25) is 10.3 Å². The van der Waals surface area contributed by atoms with Gasteiger partial charge in [0.05, 0.1) is 0 Å². The minimum atomic E-state index is -0.0131. The molecular formula is C13H16Cl2N2O. The zero-order valence-corrected chi connectivity index (χ0v) is 12.0. The predicted molar refractivity (Wildman–Crippen MR) is 73.2 cm³/mol. The van der Waals surface area contributed by atoms with E-state index in [1.165, 1.54) is 6.42 Å². The van der Waals surface area contributed by atoms with Crippen LogP contribution in [0, 0.1) is 0 Å². The van der Waals surface area contributed by atoms with Crippen molar-refractivity contribution in [3.63, 3.8) is 0 Å². The van der Waals surface area contributed by atoms with Gasteiger partial charge in [0.1, 0.15) is 10.3 Å². The fourth-order valence-electron chi connectivity index (χ4n) is 2.56. The Morgan fingerprint density at radius 2 is 1.72 bits per heavy atom. The molecule has 2 rings (SSSR count). The van der Waals surface area contributed by atoms with Crippen molar-refractivity contribution < 1.29 is 4.79 Å². The zero-order chi connectivity index (χ0) is 13.3. The number of hydrogen-bond donors (Lipinski definition) is 0. The Hall–Kier alpha value is -0.800. The number of amides is 1. The Morgan fingerprint density at radius 1 is 1.22 bits per heavy atom. The van der Waals surface area contributed by atoms with Gasteiger partial charge in [-0.05, 0) is 45.2 Å². The van der Waals surface area contributed by atoms with Crippen LogP contribution >= 0.6 is 23.2 Å². The van der Waals surface area contributed by atoms with Gasteiger partial charge in [-0.15, -0.1) is 0 Å². The average molecular weight is 287 g/mol. The van der Waals surface area contributed by atoms with Gasteiger partial charge in [-0.2, -0.15) is 0 Å². The van der Waals surface area contributed by atoms with Gasteiger partial charge in [0.25, 0.3) is 5.91 Å². The van der Waals surface area contributed by atoms with Crippen molar-refractivity contribution in [2.45, 2.75) is 45.2 Å². The highest BCUT2D eigenvalue weighted by Crippen LogP contribution is 2.25. The predicted octanol–water partition coefficient (Wildman–Crippen LogP) is 3.79. The third-order valence-corrected chi connectivity index (χ3v) is 3.83. The number of carbonyl (C=O) groups excluding carboxylic acids is 1. The molecule has 2 heterocycles. The third-order valence-electron chi connectivity index (χ3n) is 3.44. The van der Waals surface area contributed by atoms with Crippen molar-refractivity contribution in [3.05, 3.63) is 28.0 Å². The lowest BCUT2D eigenvalue weighted by Gasteiger charge is -2.39. The average Bonchev–Trinajstić information content (AvgIpc) is 2.27. The topological polar surface area (TPSA) is 33.2 Å². The monoisotopic (exact) mass is 286 g/mol. The van der Waals surface area contributed by atoms with E-state index in [1.54, 1.807) is 12.1 Å². The molecule has 1 saturated heterocycles. The van der Waals surface area contributed by atoms with Crippen molar-refractivity contribution in [3.8, 4) is 0 Å². The van der Waals surface area contributed by atoms with E-state index in [0.717, 1.165) is 12.8 Å². The van der Waals surface area contributed by atoms with E-state index in [0.29, 0.717) is 5.56 Å². The van der Waals surface area contributed by atoms with Crippen LogP contribution < -0.4 is 0 Å².